The zero-order valence-electron chi connectivity index (χ0n) is 10.7. The second kappa shape index (κ2) is 4.45. The quantitative estimate of drug-likeness (QED) is 0.648. The molecular weight excluding hydrogens is 204 g/mol. The van der Waals surface area contributed by atoms with Crippen molar-refractivity contribution in [3.63, 3.8) is 0 Å². The van der Waals surface area contributed by atoms with E-state index in [0.29, 0.717) is 0 Å². The van der Waals surface area contributed by atoms with Gasteiger partial charge in [-0.05, 0) is 0 Å². The van der Waals surface area contributed by atoms with Gasteiger partial charge in [0.25, 0.3) is 0 Å². The van der Waals surface area contributed by atoms with E-state index in [-0.39, 0.29) is 0 Å². The van der Waals surface area contributed by atoms with Crippen LogP contribution in [0.3, 0.4) is 0 Å². The summed E-state index contributed by atoms with van der Waals surface area (Å²) < 4.78 is 0. The molecule has 0 atom stereocenters. The Kier molecular flexibility index (Phi) is 4.67. The third-order valence-corrected chi connectivity index (χ3v) is 33.0. The summed E-state index contributed by atoms with van der Waals surface area (Å²) in [6, 6.07) is 0. The van der Waals surface area contributed by atoms with Gasteiger partial charge in [0.05, 0.1) is 0 Å². The lowest BCUT2D eigenvalue weighted by Gasteiger charge is -2.48. The fourth-order valence-corrected chi connectivity index (χ4v) is 34.9. The molecule has 0 aliphatic heterocycles. The average molecular weight is 232 g/mol. The molecule has 0 N–H and O–H groups in total. The molecule has 0 bridgehead atoms. The minimum absolute atomic E-state index is 0.787. The first-order valence-corrected chi connectivity index (χ1v) is 15.2. The van der Waals surface area contributed by atoms with Crippen molar-refractivity contribution in [1.82, 2.24) is 0 Å². The van der Waals surface area contributed by atoms with Crippen molar-refractivity contribution in [2.75, 3.05) is 0 Å². The summed E-state index contributed by atoms with van der Waals surface area (Å²) in [6.45, 7) is 20.1. The molecule has 0 aromatic rings. The SMILES string of the molecule is CC(C)[Si](C)(C)[SiH-][Si](C)(C)C(C)C. The predicted octanol–water partition coefficient (Wildman–Crippen LogP) is 3.65. The van der Waals surface area contributed by atoms with Gasteiger partial charge in [0.2, 0.25) is 0 Å². The van der Waals surface area contributed by atoms with Crippen molar-refractivity contribution in [3.05, 3.63) is 0 Å². The van der Waals surface area contributed by atoms with Crippen molar-refractivity contribution in [2.45, 2.75) is 65.0 Å². The van der Waals surface area contributed by atoms with E-state index in [1.165, 1.54) is 0 Å². The Balaban J connectivity index is 4.42. The molecular formula is C10H27Si3-. The third-order valence-electron chi connectivity index (χ3n) is 3.72. The normalized spacial score (nSPS) is 14.3. The Bertz CT molecular complexity index is 142. The molecule has 0 aromatic carbocycles. The predicted molar refractivity (Wildman–Crippen MR) is 72.3 cm³/mol. The minimum Gasteiger partial charge on any atom is -0.271 e. The van der Waals surface area contributed by atoms with E-state index in [4.69, 9.17) is 0 Å². The van der Waals surface area contributed by atoms with E-state index >= 15 is 0 Å². The van der Waals surface area contributed by atoms with Crippen LogP contribution in [-0.4, -0.2) is 23.7 Å². The topological polar surface area (TPSA) is 0 Å². The van der Waals surface area contributed by atoms with Crippen LogP contribution in [0.5, 0.6) is 0 Å². The molecule has 0 fully saturated rings. The summed E-state index contributed by atoms with van der Waals surface area (Å²) in [7, 11) is -0.881. The first kappa shape index (κ1) is 13.7. The van der Waals surface area contributed by atoms with E-state index in [0.717, 1.165) is 19.6 Å². The molecule has 0 saturated carbocycles. The first-order chi connectivity index (χ1) is 5.59. The summed E-state index contributed by atoms with van der Waals surface area (Å²) in [4.78, 5) is 0. The summed E-state index contributed by atoms with van der Waals surface area (Å²) >= 11 is 0. The molecule has 0 unspecified atom stereocenters. The maximum Gasteiger partial charge on any atom is -0.0679 e. The Labute approximate surface area is 88.9 Å². The van der Waals surface area contributed by atoms with Crippen LogP contribution in [0.2, 0.25) is 37.3 Å². The average Bonchev–Trinajstić information content (AvgIpc) is 1.83. The number of rotatable bonds is 4. The molecule has 0 rings (SSSR count). The highest BCUT2D eigenvalue weighted by molar-refractivity contribution is 7.53. The molecule has 0 nitrogen and oxygen atoms in total. The Morgan fingerprint density at radius 3 is 1.08 bits per heavy atom. The van der Waals surface area contributed by atoms with Gasteiger partial charge in [-0.1, -0.05) is 65.0 Å². The van der Waals surface area contributed by atoms with E-state index in [1.54, 1.807) is 0 Å². The van der Waals surface area contributed by atoms with Gasteiger partial charge < -0.3 is 0 Å². The highest BCUT2D eigenvalue weighted by atomic mass is 29.6. The second-order valence-electron chi connectivity index (χ2n) is 6.10. The molecule has 3 heteroatoms. The van der Waals surface area contributed by atoms with Gasteiger partial charge >= 0.3 is 0 Å². The van der Waals surface area contributed by atoms with Gasteiger partial charge in [0.15, 0.2) is 0 Å². The van der Waals surface area contributed by atoms with Crippen LogP contribution >= 0.6 is 0 Å². The van der Waals surface area contributed by atoms with Crippen molar-refractivity contribution in [1.29, 1.82) is 0 Å². The molecule has 0 aliphatic carbocycles. The zero-order valence-corrected chi connectivity index (χ0v) is 13.9. The second-order valence-corrected chi connectivity index (χ2v) is 28.4. The first-order valence-electron chi connectivity index (χ1n) is 5.46. The molecule has 0 aliphatic rings. The monoisotopic (exact) mass is 231 g/mol. The molecule has 0 heterocycles. The van der Waals surface area contributed by atoms with E-state index in [9.17, 15) is 0 Å². The van der Waals surface area contributed by atoms with Gasteiger partial charge in [-0.3, -0.25) is 8.55 Å². The van der Waals surface area contributed by atoms with E-state index in [2.05, 4.69) is 53.9 Å². The molecule has 0 amide bonds. The number of hydrogen-bond donors (Lipinski definition) is 0. The van der Waals surface area contributed by atoms with Crippen LogP contribution in [-0.2, 0) is 0 Å². The molecule has 0 spiro atoms. The molecule has 0 radical (unpaired) electrons. The van der Waals surface area contributed by atoms with E-state index in [1.807, 2.05) is 0 Å². The van der Waals surface area contributed by atoms with Gasteiger partial charge in [-0.15, -0.1) is 15.2 Å². The fraction of sp³-hybridized carbons (Fsp3) is 1.00. The Morgan fingerprint density at radius 1 is 0.692 bits per heavy atom. The van der Waals surface area contributed by atoms with Crippen molar-refractivity contribution < 1.29 is 0 Å². The van der Waals surface area contributed by atoms with Crippen LogP contribution < -0.4 is 0 Å². The lowest BCUT2D eigenvalue weighted by Crippen LogP contribution is -2.53. The van der Waals surface area contributed by atoms with Crippen molar-refractivity contribution in [3.8, 4) is 0 Å². The largest absolute Gasteiger partial charge is 0.271 e. The van der Waals surface area contributed by atoms with Gasteiger partial charge in [0, 0.05) is 0 Å². The molecule has 0 saturated heterocycles. The van der Waals surface area contributed by atoms with Crippen LogP contribution in [0.4, 0.5) is 0 Å². The third kappa shape index (κ3) is 4.13. The van der Waals surface area contributed by atoms with Crippen molar-refractivity contribution >= 4 is 23.7 Å². The van der Waals surface area contributed by atoms with Crippen molar-refractivity contribution in [2.24, 2.45) is 0 Å². The lowest BCUT2D eigenvalue weighted by atomic mass is 10.6. The summed E-state index contributed by atoms with van der Waals surface area (Å²) in [5.41, 5.74) is 1.96. The fourth-order valence-electron chi connectivity index (χ4n) is 1.29. The highest BCUT2D eigenvalue weighted by Crippen LogP contribution is 2.27. The maximum atomic E-state index is 2.60. The summed E-state index contributed by atoms with van der Waals surface area (Å²) in [6.07, 6.45) is 0. The summed E-state index contributed by atoms with van der Waals surface area (Å²) in [5.74, 6) is 0. The molecule has 0 aromatic heterocycles. The smallest absolute Gasteiger partial charge is 0.0679 e. The van der Waals surface area contributed by atoms with Crippen LogP contribution in [0, 0.1) is 0 Å². The minimum atomic E-state index is -0.834. The number of hydrogen-bond acceptors (Lipinski definition) is 0. The Morgan fingerprint density at radius 2 is 0.923 bits per heavy atom. The standard InChI is InChI=1S/C10H27Si3/c1-9(2)12(5,6)11-13(7,8)10(3)4/h9-11H,1-8H3/q-1. The maximum absolute atomic E-state index is 2.60. The van der Waals surface area contributed by atoms with Gasteiger partial charge in [0.1, 0.15) is 0 Å². The lowest BCUT2D eigenvalue weighted by molar-refractivity contribution is 1.02. The summed E-state index contributed by atoms with van der Waals surface area (Å²) in [5, 5.41) is 0. The molecule has 80 valence electrons. The molecule has 13 heavy (non-hydrogen) atoms. The van der Waals surface area contributed by atoms with Crippen LogP contribution in [0.15, 0.2) is 0 Å². The van der Waals surface area contributed by atoms with Gasteiger partial charge in [-0.2, -0.15) is 0 Å². The highest BCUT2D eigenvalue weighted by Gasteiger charge is 2.25. The zero-order chi connectivity index (χ0) is 10.9. The van der Waals surface area contributed by atoms with Crippen LogP contribution in [0.1, 0.15) is 27.7 Å². The van der Waals surface area contributed by atoms with Crippen LogP contribution in [0.25, 0.3) is 0 Å². The van der Waals surface area contributed by atoms with E-state index < -0.39 is 15.2 Å². The van der Waals surface area contributed by atoms with Gasteiger partial charge in [-0.25, -0.2) is 0 Å². The Hall–Kier alpha value is 0.651.